The molecule has 10 aromatic carbocycles. The molecular weight excluding hydrogens is 2130 g/mol. The fourth-order valence-corrected chi connectivity index (χ4v) is 28.2. The number of amides is 5. The molecule has 0 bridgehead atoms. The molecule has 10 aliphatic rings. The number of halogens is 7. The van der Waals surface area contributed by atoms with Crippen molar-refractivity contribution in [1.82, 2.24) is 21.5 Å². The van der Waals surface area contributed by atoms with Crippen LogP contribution in [0.4, 0.5) is 65.6 Å². The number of hydrogen-bond donors (Lipinski definition) is 0. The van der Waals surface area contributed by atoms with Gasteiger partial charge < -0.3 is 33.2 Å². The average Bonchev–Trinajstić information content (AvgIpc) is 0.770. The van der Waals surface area contributed by atoms with Crippen molar-refractivity contribution in [3.63, 3.8) is 0 Å². The molecule has 0 atom stereocenters. The maximum absolute atomic E-state index is 13.2. The van der Waals surface area contributed by atoms with E-state index in [-0.39, 0.29) is 157 Å². The molecule has 0 N–H and O–H groups in total. The predicted molar refractivity (Wildman–Crippen MR) is 549 cm³/mol. The van der Waals surface area contributed by atoms with Crippen molar-refractivity contribution in [2.45, 2.75) is 172 Å². The Bertz CT molecular complexity index is 7500. The first-order valence-corrected chi connectivity index (χ1v) is 56.3. The number of cyclic esters (lactones) is 5. The molecule has 150 heavy (non-hydrogen) atoms. The van der Waals surface area contributed by atoms with E-state index in [0.717, 1.165) is 80.0 Å². The Hall–Kier alpha value is -12.5. The first-order chi connectivity index (χ1) is 71.5. The Morgan fingerprint density at radius 3 is 1.05 bits per heavy atom. The summed E-state index contributed by atoms with van der Waals surface area (Å²) < 4.78 is 212. The number of benzene rings is 10. The standard InChI is InChI=1S/C21H21ClN2O6S.C21H21ClN2O5S.C21H21F3N2O4S.C20H18ClN3O4S.C20H21ClN2O5S/c1-29-20(25)17-4-2-3-5-19(17)31(27,28)23-10-8-16(9-11-23)24-18-7-6-15(22)12-14(18)13-30-21(24)26;1-14(25)15-2-5-19(6-3-15)30(27,28)23-10-8-18(9-11-23)24-20-7-4-17(22)12-16(20)13-29-21(24)26;1-14-4-2-5-15-13-30-20(27)26(19(14)15)17-8-10-25(11-9-17)31(28,29)18-7-3-6-16(12-18)21(22,23)24;21-16-5-6-18-15(11-16)13-28-20(25)24(18)17-7-9-23(10-8-17)29(26,27)19-4-2-1-3-14(19)12-22;1-27-17-3-5-18(6-4-17)29(25,26)22-10-8-16(9-11-22)23-19-7-2-15(21)12-14(19)13-28-20(23)24/h2-7,12,16H,8-11,13H2,1H3;2-7,12,18H,8-11,13H2,1H3;2-7,12,17H,8-11,13H2,1H3;1-6,11,17H,7-10,13H2;2-7,12,16H,8-11,13H2,1H3. The number of esters is 1. The first-order valence-electron chi connectivity index (χ1n) is 47.6. The number of aryl methyl sites for hydroxylation is 1. The highest BCUT2D eigenvalue weighted by atomic mass is 35.5. The minimum absolute atomic E-state index is 0.00228. The van der Waals surface area contributed by atoms with Crippen LogP contribution in [0.15, 0.2) is 237 Å². The highest BCUT2D eigenvalue weighted by Gasteiger charge is 2.46. The van der Waals surface area contributed by atoms with E-state index in [1.165, 1.54) is 91.2 Å². The molecule has 0 unspecified atom stereocenters. The molecule has 35 nitrogen and oxygen atoms in total. The molecule has 10 heterocycles. The molecule has 0 aromatic heterocycles. The Morgan fingerprint density at radius 2 is 0.687 bits per heavy atom. The van der Waals surface area contributed by atoms with Crippen LogP contribution in [0.25, 0.3) is 0 Å². The van der Waals surface area contributed by atoms with Gasteiger partial charge in [0, 0.05) is 149 Å². The van der Waals surface area contributed by atoms with Gasteiger partial charge in [0.15, 0.2) is 5.78 Å². The average molecular weight is 2240 g/mol. The van der Waals surface area contributed by atoms with Gasteiger partial charge in [0.05, 0.1) is 83.8 Å². The molecule has 0 radical (unpaired) electrons. The van der Waals surface area contributed by atoms with Crippen LogP contribution in [-0.2, 0) is 118 Å². The molecule has 792 valence electrons. The second-order valence-corrected chi connectivity index (χ2v) is 47.7. The summed E-state index contributed by atoms with van der Waals surface area (Å²) in [6.45, 7) is 6.53. The first kappa shape index (κ1) is 110. The summed E-state index contributed by atoms with van der Waals surface area (Å²) in [7, 11) is -16.3. The van der Waals surface area contributed by atoms with Crippen molar-refractivity contribution < 1.29 is 122 Å². The van der Waals surface area contributed by atoms with Gasteiger partial charge in [-0.2, -0.15) is 40.0 Å². The molecular formula is C103H102Cl4F3N11O24S5. The molecule has 0 spiro atoms. The lowest BCUT2D eigenvalue weighted by molar-refractivity contribution is -0.137. The number of carbonyl (C=O) groups is 7. The third-order valence-corrected chi connectivity index (χ3v) is 38.0. The van der Waals surface area contributed by atoms with Crippen LogP contribution in [0, 0.1) is 18.3 Å². The second-order valence-electron chi connectivity index (χ2n) is 36.4. The van der Waals surface area contributed by atoms with Gasteiger partial charge in [-0.3, -0.25) is 29.3 Å². The summed E-state index contributed by atoms with van der Waals surface area (Å²) in [6, 6.07) is 56.1. The fourth-order valence-electron chi connectivity index (χ4n) is 19.7. The number of ketones is 1. The van der Waals surface area contributed by atoms with E-state index < -0.39 is 98.3 Å². The van der Waals surface area contributed by atoms with E-state index in [1.54, 1.807) is 140 Å². The van der Waals surface area contributed by atoms with Crippen LogP contribution in [0.2, 0.25) is 20.1 Å². The van der Waals surface area contributed by atoms with Gasteiger partial charge in [0.1, 0.15) is 44.9 Å². The summed E-state index contributed by atoms with van der Waals surface area (Å²) in [6.07, 6.45) is -2.32. The number of hydrogen-bond acceptors (Lipinski definition) is 25. The number of Topliss-reactive ketones (excluding diaryl/α,β-unsaturated/α-hetero) is 1. The van der Waals surface area contributed by atoms with Gasteiger partial charge in [-0.1, -0.05) is 107 Å². The number of rotatable bonds is 18. The molecule has 47 heteroatoms. The van der Waals surface area contributed by atoms with Crippen LogP contribution in [-0.4, -0.2) is 216 Å². The van der Waals surface area contributed by atoms with E-state index in [2.05, 4.69) is 0 Å². The zero-order chi connectivity index (χ0) is 107. The number of para-hydroxylation sites is 1. The third-order valence-electron chi connectivity index (χ3n) is 27.4. The van der Waals surface area contributed by atoms with E-state index >= 15 is 0 Å². The number of nitrogens with zero attached hydrogens (tertiary/aromatic N) is 11. The minimum atomic E-state index is -4.63. The number of carbonyl (C=O) groups excluding carboxylic acids is 7. The Labute approximate surface area is 885 Å². The van der Waals surface area contributed by atoms with Crippen molar-refractivity contribution in [2.24, 2.45) is 0 Å². The van der Waals surface area contributed by atoms with Gasteiger partial charge in [-0.15, -0.1) is 0 Å². The summed E-state index contributed by atoms with van der Waals surface area (Å²) in [5, 5.41) is 11.5. The van der Waals surface area contributed by atoms with Crippen molar-refractivity contribution in [3.8, 4) is 11.8 Å². The summed E-state index contributed by atoms with van der Waals surface area (Å²) in [5.41, 5.74) is 8.54. The Balaban J connectivity index is 0.000000133. The SMILES string of the molecule is CC(=O)c1ccc(S(=O)(=O)N2CCC(N3C(=O)OCc4cc(Cl)ccc43)CC2)cc1.COC(=O)c1ccccc1S(=O)(=O)N1CCC(N2C(=O)OCc3cc(Cl)ccc32)CC1.COc1ccc(S(=O)(=O)N2CCC(N3C(=O)OCc4cc(Cl)ccc43)CC2)cc1.Cc1cccc2c1N(C1CCN(S(=O)(=O)c3cccc(C(F)(F)F)c3)CC1)C(=O)OC2.N#Cc1ccccc1S(=O)(=O)N1CCC(N2C(=O)OCc3cc(Cl)ccc32)CC1. The number of piperidine rings is 5. The summed E-state index contributed by atoms with van der Waals surface area (Å²) >= 11 is 24.2. The van der Waals surface area contributed by atoms with Crippen LogP contribution >= 0.6 is 46.4 Å². The van der Waals surface area contributed by atoms with Crippen LogP contribution in [0.5, 0.6) is 5.75 Å². The number of nitriles is 1. The highest BCUT2D eigenvalue weighted by molar-refractivity contribution is 7.90. The molecule has 5 amide bonds. The van der Waals surface area contributed by atoms with E-state index in [9.17, 15) is 94.1 Å². The Kier molecular flexibility index (Phi) is 34.0. The summed E-state index contributed by atoms with van der Waals surface area (Å²) in [5.74, 6) is -0.222. The molecule has 5 fully saturated rings. The third kappa shape index (κ3) is 23.9. The normalized spacial score (nSPS) is 18.1. The van der Waals surface area contributed by atoms with E-state index in [1.807, 2.05) is 37.3 Å². The topological polar surface area (TPSA) is 411 Å². The van der Waals surface area contributed by atoms with Gasteiger partial charge in [0.25, 0.3) is 0 Å². The zero-order valence-corrected chi connectivity index (χ0v) is 88.3. The maximum Gasteiger partial charge on any atom is 0.416 e. The smallest absolute Gasteiger partial charge is 0.416 e. The number of ether oxygens (including phenoxy) is 7. The zero-order valence-electron chi connectivity index (χ0n) is 81.2. The monoisotopic (exact) mass is 2230 g/mol. The molecule has 5 saturated heterocycles. The number of methoxy groups -OCH3 is 2. The number of alkyl halides is 3. The van der Waals surface area contributed by atoms with Crippen molar-refractivity contribution in [1.29, 1.82) is 5.26 Å². The number of sulfonamides is 5. The quantitative estimate of drug-likeness (QED) is 0.0437. The van der Waals surface area contributed by atoms with Gasteiger partial charge >= 0.3 is 42.6 Å². The predicted octanol–water partition coefficient (Wildman–Crippen LogP) is 18.8. The van der Waals surface area contributed by atoms with Crippen molar-refractivity contribution in [2.75, 3.05) is 104 Å². The van der Waals surface area contributed by atoms with Gasteiger partial charge in [-0.05, 0) is 235 Å². The minimum Gasteiger partial charge on any atom is -0.497 e. The molecule has 0 aliphatic carbocycles. The molecule has 20 rings (SSSR count). The number of fused-ring (bicyclic) bond motifs is 5. The molecule has 0 saturated carbocycles. The lowest BCUT2D eigenvalue weighted by Crippen LogP contribution is -2.50. The van der Waals surface area contributed by atoms with Crippen LogP contribution < -0.4 is 29.2 Å². The molecule has 10 aromatic rings. The van der Waals surface area contributed by atoms with Crippen LogP contribution in [0.3, 0.4) is 0 Å². The fraction of sp³-hybridized carbons (Fsp3) is 0.340. The highest BCUT2D eigenvalue weighted by Crippen LogP contribution is 2.44. The van der Waals surface area contributed by atoms with Crippen molar-refractivity contribution >= 4 is 167 Å². The molecule has 10 aliphatic heterocycles. The van der Waals surface area contributed by atoms with E-state index in [4.69, 9.17) is 79.6 Å². The second kappa shape index (κ2) is 46.3. The van der Waals surface area contributed by atoms with Crippen LogP contribution in [0.1, 0.15) is 136 Å². The number of anilines is 5. The van der Waals surface area contributed by atoms with Crippen molar-refractivity contribution in [3.05, 3.63) is 288 Å². The largest absolute Gasteiger partial charge is 0.497 e. The lowest BCUT2D eigenvalue weighted by Gasteiger charge is -2.40. The maximum atomic E-state index is 13.2. The van der Waals surface area contributed by atoms with E-state index in [0.29, 0.717) is 115 Å². The van der Waals surface area contributed by atoms with Gasteiger partial charge in [-0.25, -0.2) is 70.9 Å². The summed E-state index contributed by atoms with van der Waals surface area (Å²) in [4.78, 5) is 93.7. The Morgan fingerprint density at radius 1 is 0.367 bits per heavy atom. The van der Waals surface area contributed by atoms with Gasteiger partial charge in [0.2, 0.25) is 50.1 Å². The lowest BCUT2D eigenvalue weighted by atomic mass is 10.00.